The number of isocyanates is 1. The predicted octanol–water partition coefficient (Wildman–Crippen LogP) is 1.41. The van der Waals surface area contributed by atoms with E-state index in [0.717, 1.165) is 12.8 Å². The maximum Gasteiger partial charge on any atom is 0.234 e. The zero-order valence-electron chi connectivity index (χ0n) is 5.53. The maximum atomic E-state index is 9.52. The van der Waals surface area contributed by atoms with Crippen molar-refractivity contribution in [3.8, 4) is 0 Å². The molecule has 54 valence electrons. The molecule has 0 unspecified atom stereocenters. The second kappa shape index (κ2) is 7.69. The van der Waals surface area contributed by atoms with E-state index in [-0.39, 0.29) is 0 Å². The average molecular weight is 140 g/mol. The summed E-state index contributed by atoms with van der Waals surface area (Å²) in [6.45, 7) is 0.954. The number of unbranched alkanes of at least 4 members (excludes halogenated alkanes) is 1. The number of azide groups is 1. The molecule has 0 rings (SSSR count). The van der Waals surface area contributed by atoms with Gasteiger partial charge in [-0.1, -0.05) is 5.11 Å². The van der Waals surface area contributed by atoms with Crippen molar-refractivity contribution >= 4 is 6.08 Å². The first-order valence-electron chi connectivity index (χ1n) is 2.96. The summed E-state index contributed by atoms with van der Waals surface area (Å²) < 4.78 is 0. The minimum absolute atomic E-state index is 0.477. The van der Waals surface area contributed by atoms with Crippen LogP contribution in [0.2, 0.25) is 0 Å². The molecule has 5 heteroatoms. The van der Waals surface area contributed by atoms with E-state index in [2.05, 4.69) is 15.0 Å². The molecule has 0 amide bonds. The van der Waals surface area contributed by atoms with Crippen molar-refractivity contribution in [2.24, 2.45) is 10.1 Å². The summed E-state index contributed by atoms with van der Waals surface area (Å²) in [5.74, 6) is 0. The lowest BCUT2D eigenvalue weighted by Gasteiger charge is -1.87. The standard InChI is InChI=1S/C5H8N4O/c6-9-8-4-2-1-3-7-5-10/h1-4H2. The van der Waals surface area contributed by atoms with Gasteiger partial charge in [-0.05, 0) is 18.4 Å². The Kier molecular flexibility index (Phi) is 6.68. The minimum atomic E-state index is 0.477. The second-order valence-electron chi connectivity index (χ2n) is 1.63. The lowest BCUT2D eigenvalue weighted by atomic mass is 10.3. The Labute approximate surface area is 58.4 Å². The van der Waals surface area contributed by atoms with Crippen LogP contribution in [-0.2, 0) is 4.79 Å². The molecule has 5 nitrogen and oxygen atoms in total. The van der Waals surface area contributed by atoms with Gasteiger partial charge in [0.15, 0.2) is 0 Å². The summed E-state index contributed by atoms with van der Waals surface area (Å²) in [5, 5.41) is 3.31. The summed E-state index contributed by atoms with van der Waals surface area (Å²) in [4.78, 5) is 15.4. The Hall–Kier alpha value is -1.31. The molecule has 0 aliphatic rings. The van der Waals surface area contributed by atoms with Gasteiger partial charge in [0.2, 0.25) is 6.08 Å². The van der Waals surface area contributed by atoms with Crippen LogP contribution in [0, 0.1) is 0 Å². The Morgan fingerprint density at radius 2 is 2.10 bits per heavy atom. The van der Waals surface area contributed by atoms with Crippen molar-refractivity contribution in [2.75, 3.05) is 13.1 Å². The van der Waals surface area contributed by atoms with E-state index in [1.54, 1.807) is 0 Å². The molecule has 0 aliphatic carbocycles. The van der Waals surface area contributed by atoms with E-state index in [1.807, 2.05) is 0 Å². The largest absolute Gasteiger partial charge is 0.234 e. The number of carbonyl (C=O) groups excluding carboxylic acids is 1. The monoisotopic (exact) mass is 140 g/mol. The molecule has 0 N–H and O–H groups in total. The SMILES string of the molecule is [N-]=[N+]=NCCCCN=C=O. The molecule has 0 aliphatic heterocycles. The van der Waals surface area contributed by atoms with Gasteiger partial charge in [-0.2, -0.15) is 0 Å². The molecule has 10 heavy (non-hydrogen) atoms. The molecule has 0 bridgehead atoms. The van der Waals surface area contributed by atoms with E-state index < -0.39 is 0 Å². The molecule has 0 aromatic heterocycles. The molecule has 0 radical (unpaired) electrons. The van der Waals surface area contributed by atoms with Gasteiger partial charge >= 0.3 is 0 Å². The van der Waals surface area contributed by atoms with Gasteiger partial charge in [0.05, 0.1) is 6.54 Å². The first-order chi connectivity index (χ1) is 4.91. The molecule has 0 spiro atoms. The van der Waals surface area contributed by atoms with Gasteiger partial charge in [-0.25, -0.2) is 9.79 Å². The van der Waals surface area contributed by atoms with E-state index in [9.17, 15) is 4.79 Å². The van der Waals surface area contributed by atoms with Gasteiger partial charge in [0.25, 0.3) is 0 Å². The zero-order valence-corrected chi connectivity index (χ0v) is 5.53. The summed E-state index contributed by atoms with van der Waals surface area (Å²) in [6.07, 6.45) is 2.98. The van der Waals surface area contributed by atoms with Crippen LogP contribution in [0.25, 0.3) is 10.4 Å². The Bertz CT molecular complexity index is 146. The quantitative estimate of drug-likeness (QED) is 0.142. The van der Waals surface area contributed by atoms with Gasteiger partial charge < -0.3 is 0 Å². The minimum Gasteiger partial charge on any atom is -0.211 e. The van der Waals surface area contributed by atoms with Crippen molar-refractivity contribution in [3.63, 3.8) is 0 Å². The lowest BCUT2D eigenvalue weighted by Crippen LogP contribution is -1.83. The molecule has 0 aromatic rings. The van der Waals surface area contributed by atoms with Crippen LogP contribution in [-0.4, -0.2) is 19.2 Å². The second-order valence-corrected chi connectivity index (χ2v) is 1.63. The van der Waals surface area contributed by atoms with Crippen LogP contribution >= 0.6 is 0 Å². The van der Waals surface area contributed by atoms with Crippen LogP contribution in [0.15, 0.2) is 10.1 Å². The van der Waals surface area contributed by atoms with Crippen LogP contribution in [0.5, 0.6) is 0 Å². The predicted molar refractivity (Wildman–Crippen MR) is 36.2 cm³/mol. The smallest absolute Gasteiger partial charge is 0.211 e. The Morgan fingerprint density at radius 3 is 2.70 bits per heavy atom. The summed E-state index contributed by atoms with van der Waals surface area (Å²) in [6, 6.07) is 0. The number of nitrogens with zero attached hydrogens (tertiary/aromatic N) is 4. The van der Waals surface area contributed by atoms with Gasteiger partial charge in [0, 0.05) is 11.5 Å². The fourth-order valence-electron chi connectivity index (χ4n) is 0.464. The molecule has 0 saturated heterocycles. The first-order valence-corrected chi connectivity index (χ1v) is 2.96. The molecule has 0 heterocycles. The van der Waals surface area contributed by atoms with Crippen molar-refractivity contribution in [2.45, 2.75) is 12.8 Å². The van der Waals surface area contributed by atoms with E-state index in [1.165, 1.54) is 6.08 Å². The highest BCUT2D eigenvalue weighted by Crippen LogP contribution is 1.89. The number of hydrogen-bond acceptors (Lipinski definition) is 3. The van der Waals surface area contributed by atoms with E-state index in [0.29, 0.717) is 13.1 Å². The first kappa shape index (κ1) is 8.69. The number of rotatable bonds is 5. The maximum absolute atomic E-state index is 9.52. The van der Waals surface area contributed by atoms with Gasteiger partial charge in [-0.15, -0.1) is 0 Å². The Balaban J connectivity index is 3.04. The fourth-order valence-corrected chi connectivity index (χ4v) is 0.464. The third kappa shape index (κ3) is 6.69. The van der Waals surface area contributed by atoms with E-state index >= 15 is 0 Å². The highest BCUT2D eigenvalue weighted by Gasteiger charge is 1.82. The third-order valence-corrected chi connectivity index (χ3v) is 0.906. The number of aliphatic imine (C=N–C) groups is 1. The van der Waals surface area contributed by atoms with Crippen LogP contribution in [0.1, 0.15) is 12.8 Å². The molecule has 0 atom stereocenters. The van der Waals surface area contributed by atoms with Crippen molar-refractivity contribution in [1.82, 2.24) is 0 Å². The van der Waals surface area contributed by atoms with Crippen LogP contribution < -0.4 is 0 Å². The molecule has 0 aromatic carbocycles. The summed E-state index contributed by atoms with van der Waals surface area (Å²) in [7, 11) is 0. The molecular weight excluding hydrogens is 132 g/mol. The summed E-state index contributed by atoms with van der Waals surface area (Å²) in [5.41, 5.74) is 7.84. The zero-order chi connectivity index (χ0) is 7.66. The van der Waals surface area contributed by atoms with Gasteiger partial charge in [-0.3, -0.25) is 0 Å². The van der Waals surface area contributed by atoms with Gasteiger partial charge in [0.1, 0.15) is 0 Å². The number of hydrogen-bond donors (Lipinski definition) is 0. The highest BCUT2D eigenvalue weighted by molar-refractivity contribution is 5.32. The topological polar surface area (TPSA) is 78.2 Å². The summed E-state index contributed by atoms with van der Waals surface area (Å²) >= 11 is 0. The lowest BCUT2D eigenvalue weighted by molar-refractivity contribution is 0.562. The van der Waals surface area contributed by atoms with Crippen molar-refractivity contribution in [1.29, 1.82) is 0 Å². The molecule has 0 fully saturated rings. The van der Waals surface area contributed by atoms with Crippen LogP contribution in [0.3, 0.4) is 0 Å². The molecule has 0 saturated carbocycles. The third-order valence-electron chi connectivity index (χ3n) is 0.906. The van der Waals surface area contributed by atoms with Crippen molar-refractivity contribution in [3.05, 3.63) is 10.4 Å². The van der Waals surface area contributed by atoms with Crippen molar-refractivity contribution < 1.29 is 4.79 Å². The van der Waals surface area contributed by atoms with Crippen LogP contribution in [0.4, 0.5) is 0 Å². The Morgan fingerprint density at radius 1 is 1.40 bits per heavy atom. The average Bonchev–Trinajstić information content (AvgIpc) is 1.97. The van der Waals surface area contributed by atoms with E-state index in [4.69, 9.17) is 5.53 Å². The highest BCUT2D eigenvalue weighted by atomic mass is 16.1. The molecular formula is C5H8N4O. The normalized spacial score (nSPS) is 7.60. The fraction of sp³-hybridized carbons (Fsp3) is 0.800.